The van der Waals surface area contributed by atoms with Crippen LogP contribution < -0.4 is 10.6 Å². The first-order valence-corrected chi connectivity index (χ1v) is 6.50. The fourth-order valence-electron chi connectivity index (χ4n) is 2.56. The third-order valence-electron chi connectivity index (χ3n) is 3.64. The van der Waals surface area contributed by atoms with Crippen molar-refractivity contribution in [1.82, 2.24) is 5.32 Å². The molecule has 2 aromatic carbocycles. The Balaban J connectivity index is 2.09. The fraction of sp³-hybridized carbons (Fsp3) is 0.188. The fourth-order valence-corrected chi connectivity index (χ4v) is 2.56. The van der Waals surface area contributed by atoms with Crippen LogP contribution in [0, 0.1) is 0 Å². The third kappa shape index (κ3) is 1.87. The average molecular weight is 252 g/mol. The van der Waals surface area contributed by atoms with E-state index < -0.39 is 5.66 Å². The van der Waals surface area contributed by atoms with Gasteiger partial charge in [0.25, 0.3) is 5.91 Å². The summed E-state index contributed by atoms with van der Waals surface area (Å²) in [5, 5.41) is 6.58. The number of hydrogen-bond acceptors (Lipinski definition) is 2. The molecule has 2 N–H and O–H groups in total. The molecule has 3 rings (SSSR count). The van der Waals surface area contributed by atoms with Crippen LogP contribution in [0.2, 0.25) is 0 Å². The molecule has 1 aliphatic heterocycles. The molecule has 3 heteroatoms. The molecule has 0 bridgehead atoms. The lowest BCUT2D eigenvalue weighted by atomic mass is 9.92. The Morgan fingerprint density at radius 3 is 2.37 bits per heavy atom. The van der Waals surface area contributed by atoms with E-state index in [1.54, 1.807) is 0 Å². The molecule has 19 heavy (non-hydrogen) atoms. The number of fused-ring (bicyclic) bond motifs is 1. The molecule has 0 spiro atoms. The SMILES string of the molecule is CCC1(c2ccccc2)NC(=O)c2ccccc2N1. The number of rotatable bonds is 2. The predicted octanol–water partition coefficient (Wildman–Crippen LogP) is 3.10. The quantitative estimate of drug-likeness (QED) is 0.862. The summed E-state index contributed by atoms with van der Waals surface area (Å²) < 4.78 is 0. The molecule has 2 aromatic rings. The van der Waals surface area contributed by atoms with Crippen LogP contribution in [0.4, 0.5) is 5.69 Å². The number of anilines is 1. The van der Waals surface area contributed by atoms with Crippen LogP contribution >= 0.6 is 0 Å². The second kappa shape index (κ2) is 4.43. The minimum atomic E-state index is -0.521. The Morgan fingerprint density at radius 2 is 1.63 bits per heavy atom. The lowest BCUT2D eigenvalue weighted by Gasteiger charge is -2.40. The summed E-state index contributed by atoms with van der Waals surface area (Å²) in [4.78, 5) is 12.3. The highest BCUT2D eigenvalue weighted by Crippen LogP contribution is 2.33. The Kier molecular flexibility index (Phi) is 2.75. The molecule has 3 nitrogen and oxygen atoms in total. The predicted molar refractivity (Wildman–Crippen MR) is 75.9 cm³/mol. The zero-order chi connectivity index (χ0) is 13.3. The van der Waals surface area contributed by atoms with Gasteiger partial charge in [-0.05, 0) is 24.1 Å². The van der Waals surface area contributed by atoms with E-state index >= 15 is 0 Å². The summed E-state index contributed by atoms with van der Waals surface area (Å²) >= 11 is 0. The molecule has 1 aliphatic rings. The number of amides is 1. The van der Waals surface area contributed by atoms with Crippen LogP contribution in [0.25, 0.3) is 0 Å². The summed E-state index contributed by atoms with van der Waals surface area (Å²) in [6.45, 7) is 2.06. The van der Waals surface area contributed by atoms with Gasteiger partial charge in [0, 0.05) is 5.69 Å². The maximum Gasteiger partial charge on any atom is 0.255 e. The van der Waals surface area contributed by atoms with Gasteiger partial charge >= 0.3 is 0 Å². The summed E-state index contributed by atoms with van der Waals surface area (Å²) in [5.74, 6) is -0.0277. The van der Waals surface area contributed by atoms with E-state index in [1.807, 2.05) is 54.6 Å². The molecule has 96 valence electrons. The van der Waals surface area contributed by atoms with E-state index in [1.165, 1.54) is 0 Å². The van der Waals surface area contributed by atoms with Crippen LogP contribution in [0.3, 0.4) is 0 Å². The van der Waals surface area contributed by atoms with Crippen LogP contribution in [0.1, 0.15) is 29.3 Å². The second-order valence-corrected chi connectivity index (χ2v) is 4.75. The molecule has 1 unspecified atom stereocenters. The van der Waals surface area contributed by atoms with E-state index in [2.05, 4.69) is 17.6 Å². The maximum atomic E-state index is 12.3. The number of hydrogen-bond donors (Lipinski definition) is 2. The summed E-state index contributed by atoms with van der Waals surface area (Å²) in [6.07, 6.45) is 0.775. The molecule has 0 aliphatic carbocycles. The molecule has 0 fully saturated rings. The number of para-hydroxylation sites is 1. The lowest BCUT2D eigenvalue weighted by molar-refractivity contribution is 0.0896. The first kappa shape index (κ1) is 11.8. The van der Waals surface area contributed by atoms with Crippen molar-refractivity contribution in [2.45, 2.75) is 19.0 Å². The molecule has 1 heterocycles. The van der Waals surface area contributed by atoms with Gasteiger partial charge in [-0.2, -0.15) is 0 Å². The van der Waals surface area contributed by atoms with E-state index in [0.29, 0.717) is 5.56 Å². The van der Waals surface area contributed by atoms with Gasteiger partial charge in [-0.15, -0.1) is 0 Å². The molecular weight excluding hydrogens is 236 g/mol. The van der Waals surface area contributed by atoms with Crippen molar-refractivity contribution >= 4 is 11.6 Å². The summed E-state index contributed by atoms with van der Waals surface area (Å²) in [6, 6.07) is 17.6. The molecular formula is C16H16N2O. The van der Waals surface area contributed by atoms with Gasteiger partial charge in [0.2, 0.25) is 0 Å². The molecule has 1 amide bonds. The van der Waals surface area contributed by atoms with Crippen molar-refractivity contribution in [1.29, 1.82) is 0 Å². The van der Waals surface area contributed by atoms with Crippen molar-refractivity contribution < 1.29 is 4.79 Å². The number of nitrogens with one attached hydrogen (secondary N) is 2. The number of carbonyl (C=O) groups is 1. The molecule has 0 saturated carbocycles. The van der Waals surface area contributed by atoms with Crippen LogP contribution in [0.5, 0.6) is 0 Å². The summed E-state index contributed by atoms with van der Waals surface area (Å²) in [5.41, 5.74) is 2.13. The Morgan fingerprint density at radius 1 is 0.947 bits per heavy atom. The van der Waals surface area contributed by atoms with E-state index in [4.69, 9.17) is 0 Å². The Labute approximate surface area is 112 Å². The Bertz CT molecular complexity index is 609. The maximum absolute atomic E-state index is 12.3. The topological polar surface area (TPSA) is 41.1 Å². The summed E-state index contributed by atoms with van der Waals surface area (Å²) in [7, 11) is 0. The highest BCUT2D eigenvalue weighted by Gasteiger charge is 2.37. The van der Waals surface area contributed by atoms with Gasteiger partial charge in [-0.25, -0.2) is 0 Å². The molecule has 0 radical (unpaired) electrons. The minimum Gasteiger partial charge on any atom is -0.358 e. The van der Waals surface area contributed by atoms with Crippen molar-refractivity contribution in [2.75, 3.05) is 5.32 Å². The number of carbonyl (C=O) groups excluding carboxylic acids is 1. The van der Waals surface area contributed by atoms with Gasteiger partial charge < -0.3 is 10.6 Å². The third-order valence-corrected chi connectivity index (χ3v) is 3.64. The zero-order valence-corrected chi connectivity index (χ0v) is 10.8. The first-order valence-electron chi connectivity index (χ1n) is 6.50. The van der Waals surface area contributed by atoms with Gasteiger partial charge in [0.05, 0.1) is 5.56 Å². The van der Waals surface area contributed by atoms with Crippen LogP contribution in [-0.2, 0) is 5.66 Å². The van der Waals surface area contributed by atoms with Crippen molar-refractivity contribution in [3.05, 3.63) is 65.7 Å². The van der Waals surface area contributed by atoms with E-state index in [0.717, 1.165) is 17.7 Å². The Hall–Kier alpha value is -2.29. The first-order chi connectivity index (χ1) is 9.25. The van der Waals surface area contributed by atoms with Gasteiger partial charge in [0.15, 0.2) is 0 Å². The lowest BCUT2D eigenvalue weighted by Crippen LogP contribution is -2.54. The van der Waals surface area contributed by atoms with Crippen molar-refractivity contribution in [2.24, 2.45) is 0 Å². The normalized spacial score (nSPS) is 21.2. The van der Waals surface area contributed by atoms with E-state index in [9.17, 15) is 4.79 Å². The van der Waals surface area contributed by atoms with Gasteiger partial charge in [0.1, 0.15) is 5.66 Å². The van der Waals surface area contributed by atoms with Crippen LogP contribution in [-0.4, -0.2) is 5.91 Å². The van der Waals surface area contributed by atoms with Crippen molar-refractivity contribution in [3.8, 4) is 0 Å². The number of benzene rings is 2. The van der Waals surface area contributed by atoms with Crippen molar-refractivity contribution in [3.63, 3.8) is 0 Å². The minimum absolute atomic E-state index is 0.0277. The average Bonchev–Trinajstić information content (AvgIpc) is 2.48. The van der Waals surface area contributed by atoms with Gasteiger partial charge in [-0.1, -0.05) is 49.4 Å². The highest BCUT2D eigenvalue weighted by molar-refractivity contribution is 6.02. The second-order valence-electron chi connectivity index (χ2n) is 4.75. The zero-order valence-electron chi connectivity index (χ0n) is 10.8. The largest absolute Gasteiger partial charge is 0.358 e. The van der Waals surface area contributed by atoms with E-state index in [-0.39, 0.29) is 5.91 Å². The monoisotopic (exact) mass is 252 g/mol. The van der Waals surface area contributed by atoms with Gasteiger partial charge in [-0.3, -0.25) is 4.79 Å². The highest BCUT2D eigenvalue weighted by atomic mass is 16.2. The van der Waals surface area contributed by atoms with Crippen LogP contribution in [0.15, 0.2) is 54.6 Å². The molecule has 0 saturated heterocycles. The molecule has 1 atom stereocenters. The smallest absolute Gasteiger partial charge is 0.255 e. The molecule has 0 aromatic heterocycles. The standard InChI is InChI=1S/C16H16N2O/c1-2-16(12-8-4-3-5-9-12)17-14-11-7-6-10-13(14)15(19)18-16/h3-11,17H,2H2,1H3,(H,18,19).